The van der Waals surface area contributed by atoms with E-state index >= 15 is 0 Å². The van der Waals surface area contributed by atoms with Crippen LogP contribution in [0.4, 0.5) is 0 Å². The van der Waals surface area contributed by atoms with Crippen LogP contribution in [-0.4, -0.2) is 105 Å². The first-order valence-electron chi connectivity index (χ1n) is 10.5. The Morgan fingerprint density at radius 1 is 0.812 bits per heavy atom. The molecule has 0 bridgehead atoms. The number of rotatable bonds is 7. The van der Waals surface area contributed by atoms with Gasteiger partial charge in [-0.3, -0.25) is 0 Å². The van der Waals surface area contributed by atoms with E-state index in [0.717, 1.165) is 0 Å². The smallest absolute Gasteiger partial charge is 0.186 e. The fourth-order valence-corrected chi connectivity index (χ4v) is 3.16. The van der Waals surface area contributed by atoms with Crippen molar-refractivity contribution in [2.45, 2.75) is 88.1 Å². The van der Waals surface area contributed by atoms with E-state index in [9.17, 15) is 30.6 Å². The van der Waals surface area contributed by atoms with Crippen LogP contribution in [0.15, 0.2) is 12.2 Å². The topological polar surface area (TPSA) is 158 Å². The van der Waals surface area contributed by atoms with Crippen molar-refractivity contribution in [3.8, 4) is 23.7 Å². The molecule has 2 aliphatic heterocycles. The minimum Gasteiger partial charge on any atom is -0.388 e. The number of ether oxygens (including phenoxy) is 4. The Labute approximate surface area is 187 Å². The molecule has 0 saturated carbocycles. The molecular weight excluding hydrogens is 424 g/mol. The summed E-state index contributed by atoms with van der Waals surface area (Å²) in [6.07, 6.45) is -8.64. The summed E-state index contributed by atoms with van der Waals surface area (Å²) in [6, 6.07) is 0. The molecule has 2 heterocycles. The molecule has 0 spiro atoms. The van der Waals surface area contributed by atoms with Gasteiger partial charge in [-0.25, -0.2) is 0 Å². The van der Waals surface area contributed by atoms with Gasteiger partial charge in [0.2, 0.25) is 0 Å². The van der Waals surface area contributed by atoms with E-state index in [1.807, 2.05) is 6.92 Å². The molecule has 0 aromatic rings. The highest BCUT2D eigenvalue weighted by atomic mass is 16.7. The molecule has 180 valence electrons. The average Bonchev–Trinajstić information content (AvgIpc) is 2.78. The standard InChI is InChI=1S/C22H32O10/c1-3-4-5-6-7-8-9-10-11-29-21-20(28)18(26)16(24)14(32-21)12-30-22-19(27)17(25)15(23)13(2)31-22/h3-4,13-28H,9-12H2,1-2H3/b4-3+/t13-,14+,15-,16+,17+,18-,19+,20+,21+,22+/m0/s1. The van der Waals surface area contributed by atoms with Crippen LogP contribution in [0.2, 0.25) is 0 Å². The molecule has 10 nitrogen and oxygen atoms in total. The summed E-state index contributed by atoms with van der Waals surface area (Å²) in [7, 11) is 0. The molecule has 32 heavy (non-hydrogen) atoms. The Kier molecular flexibility index (Phi) is 11.0. The fraction of sp³-hybridized carbons (Fsp3) is 0.727. The molecule has 0 aromatic carbocycles. The Morgan fingerprint density at radius 2 is 1.47 bits per heavy atom. The van der Waals surface area contributed by atoms with Crippen molar-refractivity contribution in [3.05, 3.63) is 12.2 Å². The Balaban J connectivity index is 1.83. The molecule has 0 amide bonds. The predicted octanol–water partition coefficient (Wildman–Crippen LogP) is -1.98. The van der Waals surface area contributed by atoms with Crippen molar-refractivity contribution < 1.29 is 49.6 Å². The minimum absolute atomic E-state index is 0.182. The summed E-state index contributed by atoms with van der Waals surface area (Å²) in [5.41, 5.74) is 0. The normalized spacial score (nSPS) is 39.8. The van der Waals surface area contributed by atoms with E-state index in [1.165, 1.54) is 6.92 Å². The summed E-state index contributed by atoms with van der Waals surface area (Å²) in [5.74, 6) is 11.0. The van der Waals surface area contributed by atoms with E-state index < -0.39 is 61.4 Å². The summed E-state index contributed by atoms with van der Waals surface area (Å²) < 4.78 is 21.8. The van der Waals surface area contributed by atoms with Crippen LogP contribution < -0.4 is 0 Å². The molecule has 0 aromatic heterocycles. The van der Waals surface area contributed by atoms with E-state index in [1.54, 1.807) is 12.2 Å². The average molecular weight is 456 g/mol. The van der Waals surface area contributed by atoms with Crippen LogP contribution >= 0.6 is 0 Å². The van der Waals surface area contributed by atoms with Gasteiger partial charge in [-0.05, 0) is 38.2 Å². The van der Waals surface area contributed by atoms with Crippen molar-refractivity contribution in [2.24, 2.45) is 0 Å². The van der Waals surface area contributed by atoms with Gasteiger partial charge in [0.15, 0.2) is 12.6 Å². The second-order valence-corrected chi connectivity index (χ2v) is 7.57. The summed E-state index contributed by atoms with van der Waals surface area (Å²) >= 11 is 0. The highest BCUT2D eigenvalue weighted by Gasteiger charge is 2.46. The lowest BCUT2D eigenvalue weighted by Gasteiger charge is -2.42. The molecule has 2 saturated heterocycles. The number of hydrogen-bond acceptors (Lipinski definition) is 10. The largest absolute Gasteiger partial charge is 0.388 e. The lowest BCUT2D eigenvalue weighted by Crippen LogP contribution is -2.61. The first-order chi connectivity index (χ1) is 15.3. The number of unbranched alkanes of at least 4 members (excludes halogenated alkanes) is 1. The number of hydrogen-bond donors (Lipinski definition) is 6. The molecule has 2 fully saturated rings. The van der Waals surface area contributed by atoms with E-state index in [4.69, 9.17) is 18.9 Å². The number of aliphatic hydroxyl groups is 6. The lowest BCUT2D eigenvalue weighted by molar-refractivity contribution is -0.328. The Bertz CT molecular complexity index is 720. The summed E-state index contributed by atoms with van der Waals surface area (Å²) in [5, 5.41) is 60.0. The van der Waals surface area contributed by atoms with Gasteiger partial charge in [0, 0.05) is 6.42 Å². The molecule has 2 rings (SSSR count). The van der Waals surface area contributed by atoms with E-state index in [0.29, 0.717) is 12.8 Å². The van der Waals surface area contributed by atoms with Gasteiger partial charge in [0.05, 0.1) is 19.3 Å². The van der Waals surface area contributed by atoms with Gasteiger partial charge >= 0.3 is 0 Å². The van der Waals surface area contributed by atoms with Crippen molar-refractivity contribution >= 4 is 0 Å². The van der Waals surface area contributed by atoms with Gasteiger partial charge < -0.3 is 49.6 Å². The molecule has 10 heteroatoms. The van der Waals surface area contributed by atoms with Crippen molar-refractivity contribution in [2.75, 3.05) is 13.2 Å². The van der Waals surface area contributed by atoms with Crippen molar-refractivity contribution in [1.82, 2.24) is 0 Å². The molecule has 6 N–H and O–H groups in total. The lowest BCUT2D eigenvalue weighted by atomic mass is 9.98. The first kappa shape index (κ1) is 26.7. The van der Waals surface area contributed by atoms with Gasteiger partial charge in [0.1, 0.15) is 42.7 Å². The third-order valence-electron chi connectivity index (χ3n) is 5.10. The minimum atomic E-state index is -1.55. The summed E-state index contributed by atoms with van der Waals surface area (Å²) in [6.45, 7) is 3.21. The molecule has 0 unspecified atom stereocenters. The van der Waals surface area contributed by atoms with Gasteiger partial charge in [-0.2, -0.15) is 0 Å². The third kappa shape index (κ3) is 7.24. The second kappa shape index (κ2) is 13.2. The molecule has 0 radical (unpaired) electrons. The van der Waals surface area contributed by atoms with E-state index in [-0.39, 0.29) is 13.2 Å². The van der Waals surface area contributed by atoms with Crippen LogP contribution in [0.25, 0.3) is 0 Å². The molecule has 10 atom stereocenters. The van der Waals surface area contributed by atoms with Crippen LogP contribution in [0, 0.1) is 23.7 Å². The van der Waals surface area contributed by atoms with Crippen LogP contribution in [0.3, 0.4) is 0 Å². The van der Waals surface area contributed by atoms with Crippen LogP contribution in [-0.2, 0) is 18.9 Å². The first-order valence-corrected chi connectivity index (χ1v) is 10.5. The quantitative estimate of drug-likeness (QED) is 0.187. The molecule has 2 aliphatic rings. The Morgan fingerprint density at radius 3 is 2.16 bits per heavy atom. The van der Waals surface area contributed by atoms with Gasteiger partial charge in [0.25, 0.3) is 0 Å². The highest BCUT2D eigenvalue weighted by Crippen LogP contribution is 2.25. The van der Waals surface area contributed by atoms with Crippen LogP contribution in [0.1, 0.15) is 26.7 Å². The maximum Gasteiger partial charge on any atom is 0.186 e. The maximum absolute atomic E-state index is 10.2. The predicted molar refractivity (Wildman–Crippen MR) is 111 cm³/mol. The molecular formula is C22H32O10. The third-order valence-corrected chi connectivity index (χ3v) is 5.10. The van der Waals surface area contributed by atoms with Crippen molar-refractivity contribution in [1.29, 1.82) is 0 Å². The van der Waals surface area contributed by atoms with Gasteiger partial charge in [-0.1, -0.05) is 17.9 Å². The zero-order chi connectivity index (χ0) is 23.7. The Hall–Kier alpha value is -1.54. The van der Waals surface area contributed by atoms with Crippen molar-refractivity contribution in [3.63, 3.8) is 0 Å². The number of aliphatic hydroxyl groups excluding tert-OH is 6. The monoisotopic (exact) mass is 456 g/mol. The summed E-state index contributed by atoms with van der Waals surface area (Å²) in [4.78, 5) is 0. The zero-order valence-electron chi connectivity index (χ0n) is 18.1. The number of allylic oxidation sites excluding steroid dienone is 2. The fourth-order valence-electron chi connectivity index (χ4n) is 3.16. The van der Waals surface area contributed by atoms with E-state index in [2.05, 4.69) is 23.7 Å². The zero-order valence-corrected chi connectivity index (χ0v) is 18.1. The highest BCUT2D eigenvalue weighted by molar-refractivity contribution is 5.30. The van der Waals surface area contributed by atoms with Gasteiger partial charge in [-0.15, -0.1) is 0 Å². The second-order valence-electron chi connectivity index (χ2n) is 7.57. The maximum atomic E-state index is 10.2. The van der Waals surface area contributed by atoms with Crippen LogP contribution in [0.5, 0.6) is 0 Å². The molecule has 0 aliphatic carbocycles. The SMILES string of the molecule is C/C=C/C#CC#CCCCO[C@@H]1O[C@H](CO[C@@H]2O[C@@H](C)[C@H](O)[C@@H](O)[C@H]2O)[C@@H](O)[C@H](O)[C@H]1O.